The highest BCUT2D eigenvalue weighted by Crippen LogP contribution is 2.20. The largest absolute Gasteiger partial charge is 0.388 e. The number of nitrogens with one attached hydrogen (secondary N) is 1. The molecule has 1 saturated heterocycles. The van der Waals surface area contributed by atoms with E-state index < -0.39 is 53.3 Å². The van der Waals surface area contributed by atoms with Crippen molar-refractivity contribution >= 4 is 16.0 Å². The van der Waals surface area contributed by atoms with Crippen LogP contribution in [0, 0.1) is 0 Å². The van der Waals surface area contributed by atoms with Crippen molar-refractivity contribution in [3.05, 3.63) is 0 Å². The molecule has 1 fully saturated rings. The Labute approximate surface area is 110 Å². The fraction of sp³-hybridized carbons (Fsp3) is 0.889. The smallest absolute Gasteiger partial charge is 0.264 e. The average molecular weight is 299 g/mol. The molecule has 0 aromatic rings. The van der Waals surface area contributed by atoms with Crippen LogP contribution in [0.5, 0.6) is 0 Å². The van der Waals surface area contributed by atoms with E-state index in [2.05, 4.69) is 9.50 Å². The van der Waals surface area contributed by atoms with Gasteiger partial charge in [-0.15, -0.1) is 0 Å². The average Bonchev–Trinajstić information content (AvgIpc) is 2.26. The van der Waals surface area contributed by atoms with Crippen LogP contribution in [0.25, 0.3) is 0 Å². The number of hydrogen-bond acceptors (Lipinski definition) is 8. The van der Waals surface area contributed by atoms with Gasteiger partial charge in [0, 0.05) is 6.92 Å². The summed E-state index contributed by atoms with van der Waals surface area (Å²) in [6.45, 7) is 0.617. The number of hydrogen-bond donors (Lipinski definition) is 4. The van der Waals surface area contributed by atoms with Gasteiger partial charge in [0.1, 0.15) is 24.4 Å². The van der Waals surface area contributed by atoms with Crippen molar-refractivity contribution in [2.45, 2.75) is 37.6 Å². The lowest BCUT2D eigenvalue weighted by molar-refractivity contribution is -0.252. The van der Waals surface area contributed by atoms with Gasteiger partial charge in [0.25, 0.3) is 10.1 Å². The minimum atomic E-state index is -3.74. The molecule has 1 rings (SSSR count). The molecule has 5 atom stereocenters. The molecule has 0 aliphatic carbocycles. The van der Waals surface area contributed by atoms with E-state index in [4.69, 9.17) is 4.74 Å². The van der Waals surface area contributed by atoms with E-state index in [1.165, 1.54) is 6.92 Å². The number of aliphatic hydroxyl groups excluding tert-OH is 3. The van der Waals surface area contributed by atoms with Gasteiger partial charge < -0.3 is 25.4 Å². The molecular weight excluding hydrogens is 282 g/mol. The van der Waals surface area contributed by atoms with Gasteiger partial charge in [-0.05, 0) is 0 Å². The lowest BCUT2D eigenvalue weighted by Gasteiger charge is -2.40. The summed E-state index contributed by atoms with van der Waals surface area (Å²) in [6, 6.07) is -1.21. The van der Waals surface area contributed by atoms with Crippen LogP contribution in [-0.4, -0.2) is 73.2 Å². The number of carbonyl (C=O) groups is 1. The Morgan fingerprint density at radius 3 is 2.37 bits per heavy atom. The number of ether oxygens (including phenoxy) is 1. The predicted octanol–water partition coefficient (Wildman–Crippen LogP) is -3.09. The summed E-state index contributed by atoms with van der Waals surface area (Å²) in [5.41, 5.74) is 0. The lowest BCUT2D eigenvalue weighted by Crippen LogP contribution is -2.64. The highest BCUT2D eigenvalue weighted by atomic mass is 32.2. The first-order valence-electron chi connectivity index (χ1n) is 5.43. The summed E-state index contributed by atoms with van der Waals surface area (Å²) in [4.78, 5) is 10.9. The Morgan fingerprint density at radius 1 is 1.32 bits per heavy atom. The molecule has 1 aliphatic rings. The summed E-state index contributed by atoms with van der Waals surface area (Å²) in [6.07, 6.45) is -5.03. The zero-order valence-electron chi connectivity index (χ0n) is 10.4. The van der Waals surface area contributed by atoms with Crippen LogP contribution in [0.3, 0.4) is 0 Å². The standard InChI is InChI=1S/C9H17NO8S/c1-4(11)10-6-8(13)7(12)5(18-9(6)14)3-17-19(2,15)16/h5-9,12-14H,3H2,1-2H3,(H,10,11)/t5-,6+,7-,8-,9+/m1/s1. The van der Waals surface area contributed by atoms with Gasteiger partial charge in [-0.2, -0.15) is 8.42 Å². The molecule has 0 unspecified atom stereocenters. The zero-order chi connectivity index (χ0) is 14.8. The summed E-state index contributed by atoms with van der Waals surface area (Å²) in [5.74, 6) is -0.523. The number of aliphatic hydroxyl groups is 3. The summed E-state index contributed by atoms with van der Waals surface area (Å²) in [7, 11) is -3.74. The SMILES string of the molecule is CC(=O)N[C@H]1[C@@H](O)[C@H](O)[C@@H](COS(C)(=O)=O)O[C@@H]1O. The molecule has 1 aliphatic heterocycles. The van der Waals surface area contributed by atoms with E-state index in [9.17, 15) is 28.5 Å². The second kappa shape index (κ2) is 6.11. The first kappa shape index (κ1) is 16.3. The third-order valence-corrected chi connectivity index (χ3v) is 3.10. The second-order valence-electron chi connectivity index (χ2n) is 4.26. The minimum absolute atomic E-state index is 0.523. The zero-order valence-corrected chi connectivity index (χ0v) is 11.2. The second-order valence-corrected chi connectivity index (χ2v) is 5.91. The van der Waals surface area contributed by atoms with E-state index in [-0.39, 0.29) is 0 Å². The lowest BCUT2D eigenvalue weighted by atomic mass is 9.97. The summed E-state index contributed by atoms with van der Waals surface area (Å²) >= 11 is 0. The van der Waals surface area contributed by atoms with Gasteiger partial charge in [0.05, 0.1) is 12.9 Å². The Hall–Kier alpha value is -0.780. The van der Waals surface area contributed by atoms with Gasteiger partial charge in [0.2, 0.25) is 5.91 Å². The maximum atomic E-state index is 10.9. The van der Waals surface area contributed by atoms with E-state index in [1.807, 2.05) is 0 Å². The van der Waals surface area contributed by atoms with Crippen molar-refractivity contribution in [1.29, 1.82) is 0 Å². The van der Waals surface area contributed by atoms with Crippen LogP contribution in [-0.2, 0) is 23.8 Å². The Balaban J connectivity index is 2.69. The van der Waals surface area contributed by atoms with E-state index in [0.29, 0.717) is 0 Å². The van der Waals surface area contributed by atoms with Gasteiger partial charge >= 0.3 is 0 Å². The normalized spacial score (nSPS) is 35.9. The van der Waals surface area contributed by atoms with Gasteiger partial charge in [-0.25, -0.2) is 0 Å². The van der Waals surface area contributed by atoms with Crippen LogP contribution in [0.1, 0.15) is 6.92 Å². The summed E-state index contributed by atoms with van der Waals surface area (Å²) in [5, 5.41) is 31.3. The van der Waals surface area contributed by atoms with Gasteiger partial charge in [-0.3, -0.25) is 8.98 Å². The van der Waals surface area contributed by atoms with Crippen LogP contribution in [0.4, 0.5) is 0 Å². The van der Waals surface area contributed by atoms with E-state index in [0.717, 1.165) is 6.26 Å². The minimum Gasteiger partial charge on any atom is -0.388 e. The fourth-order valence-corrected chi connectivity index (χ4v) is 2.05. The van der Waals surface area contributed by atoms with Crippen molar-refractivity contribution in [1.82, 2.24) is 5.32 Å². The van der Waals surface area contributed by atoms with Crippen LogP contribution >= 0.6 is 0 Å². The third kappa shape index (κ3) is 4.67. The molecule has 1 heterocycles. The Kier molecular flexibility index (Phi) is 5.24. The molecule has 10 heteroatoms. The van der Waals surface area contributed by atoms with Crippen molar-refractivity contribution in [2.24, 2.45) is 0 Å². The molecule has 9 nitrogen and oxygen atoms in total. The molecule has 0 radical (unpaired) electrons. The van der Waals surface area contributed by atoms with Crippen molar-refractivity contribution in [3.63, 3.8) is 0 Å². The molecule has 1 amide bonds. The van der Waals surface area contributed by atoms with Crippen LogP contribution in [0.2, 0.25) is 0 Å². The monoisotopic (exact) mass is 299 g/mol. The molecular formula is C9H17NO8S. The van der Waals surface area contributed by atoms with Gasteiger partial charge in [0.15, 0.2) is 6.29 Å². The third-order valence-electron chi connectivity index (χ3n) is 2.54. The molecule has 4 N–H and O–H groups in total. The molecule has 0 saturated carbocycles. The van der Waals surface area contributed by atoms with Crippen molar-refractivity contribution < 1.29 is 37.5 Å². The maximum absolute atomic E-state index is 10.9. The first-order valence-corrected chi connectivity index (χ1v) is 7.24. The van der Waals surface area contributed by atoms with Gasteiger partial charge in [-0.1, -0.05) is 0 Å². The van der Waals surface area contributed by atoms with Crippen LogP contribution in [0.15, 0.2) is 0 Å². The molecule has 0 aromatic carbocycles. The maximum Gasteiger partial charge on any atom is 0.264 e. The van der Waals surface area contributed by atoms with Crippen LogP contribution < -0.4 is 5.32 Å². The van der Waals surface area contributed by atoms with E-state index >= 15 is 0 Å². The van der Waals surface area contributed by atoms with Crippen molar-refractivity contribution in [3.8, 4) is 0 Å². The quantitative estimate of drug-likeness (QED) is 0.400. The molecule has 0 bridgehead atoms. The summed E-state index contributed by atoms with van der Waals surface area (Å²) < 4.78 is 31.0. The number of carbonyl (C=O) groups excluding carboxylic acids is 1. The molecule has 0 spiro atoms. The molecule has 0 aromatic heterocycles. The molecule has 19 heavy (non-hydrogen) atoms. The first-order chi connectivity index (χ1) is 8.61. The van der Waals surface area contributed by atoms with E-state index in [1.54, 1.807) is 0 Å². The Bertz CT molecular complexity index is 424. The topological polar surface area (TPSA) is 142 Å². The number of rotatable bonds is 4. The highest BCUT2D eigenvalue weighted by Gasteiger charge is 2.44. The fourth-order valence-electron chi connectivity index (χ4n) is 1.67. The molecule has 112 valence electrons. The van der Waals surface area contributed by atoms with Crippen molar-refractivity contribution in [2.75, 3.05) is 12.9 Å². The highest BCUT2D eigenvalue weighted by molar-refractivity contribution is 7.85. The predicted molar refractivity (Wildman–Crippen MR) is 61.3 cm³/mol. The number of amides is 1. The Morgan fingerprint density at radius 2 is 1.89 bits per heavy atom.